The molecule has 0 saturated heterocycles. The van der Waals surface area contributed by atoms with Crippen LogP contribution in [0.2, 0.25) is 0 Å². The molecule has 2 N–H and O–H groups in total. The van der Waals surface area contributed by atoms with Crippen LogP contribution in [0.15, 0.2) is 18.2 Å². The van der Waals surface area contributed by atoms with Crippen LogP contribution in [0, 0.1) is 6.92 Å². The molecule has 0 aliphatic carbocycles. The molecule has 0 fully saturated rings. The van der Waals surface area contributed by atoms with Crippen molar-refractivity contribution in [3.05, 3.63) is 34.9 Å². The van der Waals surface area contributed by atoms with Gasteiger partial charge in [0, 0.05) is 0 Å². The summed E-state index contributed by atoms with van der Waals surface area (Å²) in [6, 6.07) is 5.81. The Hall–Kier alpha value is -1.35. The first-order valence-corrected chi connectivity index (χ1v) is 5.21. The van der Waals surface area contributed by atoms with Crippen LogP contribution in [0.4, 0.5) is 0 Å². The van der Waals surface area contributed by atoms with Crippen molar-refractivity contribution >= 4 is 5.97 Å². The summed E-state index contributed by atoms with van der Waals surface area (Å²) >= 11 is 0. The summed E-state index contributed by atoms with van der Waals surface area (Å²) in [7, 11) is 0. The van der Waals surface area contributed by atoms with E-state index in [9.17, 15) is 4.79 Å². The Morgan fingerprint density at radius 2 is 2.27 bits per heavy atom. The van der Waals surface area contributed by atoms with Crippen LogP contribution in [-0.4, -0.2) is 23.7 Å². The van der Waals surface area contributed by atoms with Gasteiger partial charge in [-0.2, -0.15) is 0 Å². The molecule has 3 nitrogen and oxygen atoms in total. The fraction of sp³-hybridized carbons (Fsp3) is 0.417. The third-order valence-electron chi connectivity index (χ3n) is 2.87. The number of carboxylic acids is 1. The number of carbonyl (C=O) groups is 1. The van der Waals surface area contributed by atoms with E-state index in [-0.39, 0.29) is 0 Å². The fourth-order valence-electron chi connectivity index (χ4n) is 2.03. The molecule has 0 bridgehead atoms. The van der Waals surface area contributed by atoms with Gasteiger partial charge >= 0.3 is 5.97 Å². The predicted octanol–water partition coefficient (Wildman–Crippen LogP) is 1.14. The molecule has 1 unspecified atom stereocenters. The SMILES string of the molecule is Cc1ccc2c(c1)CCNC(C(=O)O)C2. The highest BCUT2D eigenvalue weighted by atomic mass is 16.4. The Morgan fingerprint density at radius 3 is 3.00 bits per heavy atom. The molecular formula is C12H15NO2. The number of rotatable bonds is 1. The monoisotopic (exact) mass is 205 g/mol. The maximum atomic E-state index is 10.9. The third kappa shape index (κ3) is 2.18. The molecule has 0 spiro atoms. The normalized spacial score (nSPS) is 20.5. The molecule has 1 heterocycles. The van der Waals surface area contributed by atoms with Gasteiger partial charge in [-0.05, 0) is 37.4 Å². The number of benzene rings is 1. The van der Waals surface area contributed by atoms with Crippen LogP contribution in [0.25, 0.3) is 0 Å². The second kappa shape index (κ2) is 4.03. The lowest BCUT2D eigenvalue weighted by molar-refractivity contribution is -0.139. The maximum Gasteiger partial charge on any atom is 0.321 e. The quantitative estimate of drug-likeness (QED) is 0.722. The van der Waals surface area contributed by atoms with E-state index in [1.165, 1.54) is 11.1 Å². The van der Waals surface area contributed by atoms with Crippen LogP contribution in [0.5, 0.6) is 0 Å². The summed E-state index contributed by atoms with van der Waals surface area (Å²) in [6.45, 7) is 2.81. The summed E-state index contributed by atoms with van der Waals surface area (Å²) in [6.07, 6.45) is 1.51. The lowest BCUT2D eigenvalue weighted by Gasteiger charge is -2.10. The number of aryl methyl sites for hydroxylation is 1. The van der Waals surface area contributed by atoms with Crippen molar-refractivity contribution in [2.24, 2.45) is 0 Å². The van der Waals surface area contributed by atoms with E-state index in [0.717, 1.165) is 18.5 Å². The first-order chi connectivity index (χ1) is 7.16. The summed E-state index contributed by atoms with van der Waals surface area (Å²) in [5, 5.41) is 12.0. The Bertz CT molecular complexity index is 387. The summed E-state index contributed by atoms with van der Waals surface area (Å²) in [4.78, 5) is 10.9. The first-order valence-electron chi connectivity index (χ1n) is 5.21. The van der Waals surface area contributed by atoms with Crippen molar-refractivity contribution in [2.75, 3.05) is 6.54 Å². The molecule has 80 valence electrons. The van der Waals surface area contributed by atoms with E-state index in [1.54, 1.807) is 0 Å². The summed E-state index contributed by atoms with van der Waals surface area (Å²) in [5.74, 6) is -0.761. The minimum Gasteiger partial charge on any atom is -0.480 e. The lowest BCUT2D eigenvalue weighted by atomic mass is 9.98. The largest absolute Gasteiger partial charge is 0.480 e. The van der Waals surface area contributed by atoms with Crippen LogP contribution < -0.4 is 5.32 Å². The fourth-order valence-corrected chi connectivity index (χ4v) is 2.03. The number of carboxylic acid groups (broad SMARTS) is 1. The minimum atomic E-state index is -0.761. The zero-order valence-electron chi connectivity index (χ0n) is 8.79. The molecular weight excluding hydrogens is 190 g/mol. The van der Waals surface area contributed by atoms with Gasteiger partial charge in [-0.3, -0.25) is 4.79 Å². The van der Waals surface area contributed by atoms with Gasteiger partial charge in [-0.1, -0.05) is 23.8 Å². The van der Waals surface area contributed by atoms with E-state index in [2.05, 4.69) is 18.3 Å². The van der Waals surface area contributed by atoms with Crippen LogP contribution in [0.1, 0.15) is 16.7 Å². The van der Waals surface area contributed by atoms with E-state index in [4.69, 9.17) is 5.11 Å². The van der Waals surface area contributed by atoms with Crippen molar-refractivity contribution < 1.29 is 9.90 Å². The van der Waals surface area contributed by atoms with Crippen molar-refractivity contribution in [1.29, 1.82) is 0 Å². The number of hydrogen-bond donors (Lipinski definition) is 2. The van der Waals surface area contributed by atoms with Gasteiger partial charge in [0.05, 0.1) is 0 Å². The van der Waals surface area contributed by atoms with Gasteiger partial charge in [-0.25, -0.2) is 0 Å². The zero-order valence-corrected chi connectivity index (χ0v) is 8.79. The van der Waals surface area contributed by atoms with E-state index >= 15 is 0 Å². The van der Waals surface area contributed by atoms with Crippen LogP contribution in [-0.2, 0) is 17.6 Å². The molecule has 2 rings (SSSR count). The molecule has 1 aliphatic heterocycles. The molecule has 1 aliphatic rings. The highest BCUT2D eigenvalue weighted by molar-refractivity contribution is 5.74. The van der Waals surface area contributed by atoms with Gasteiger partial charge in [-0.15, -0.1) is 0 Å². The van der Waals surface area contributed by atoms with Gasteiger partial charge in [0.15, 0.2) is 0 Å². The number of nitrogens with one attached hydrogen (secondary N) is 1. The van der Waals surface area contributed by atoms with Gasteiger partial charge in [0.25, 0.3) is 0 Å². The molecule has 1 atom stereocenters. The van der Waals surface area contributed by atoms with E-state index in [0.29, 0.717) is 6.42 Å². The standard InChI is InChI=1S/C12H15NO2/c1-8-2-3-9-7-11(12(14)15)13-5-4-10(9)6-8/h2-3,6,11,13H,4-5,7H2,1H3,(H,14,15). The Labute approximate surface area is 89.1 Å². The molecule has 0 saturated carbocycles. The highest BCUT2D eigenvalue weighted by Crippen LogP contribution is 2.17. The number of hydrogen-bond acceptors (Lipinski definition) is 2. The van der Waals surface area contributed by atoms with E-state index < -0.39 is 12.0 Å². The maximum absolute atomic E-state index is 10.9. The predicted molar refractivity (Wildman–Crippen MR) is 58.0 cm³/mol. The smallest absolute Gasteiger partial charge is 0.321 e. The Balaban J connectivity index is 2.29. The topological polar surface area (TPSA) is 49.3 Å². The Kier molecular flexibility index (Phi) is 2.73. The number of aliphatic carboxylic acids is 1. The average Bonchev–Trinajstić information content (AvgIpc) is 2.39. The van der Waals surface area contributed by atoms with Crippen molar-refractivity contribution in [1.82, 2.24) is 5.32 Å². The lowest BCUT2D eigenvalue weighted by Crippen LogP contribution is -2.37. The summed E-state index contributed by atoms with van der Waals surface area (Å²) < 4.78 is 0. The second-order valence-electron chi connectivity index (χ2n) is 4.07. The minimum absolute atomic E-state index is 0.436. The average molecular weight is 205 g/mol. The molecule has 0 amide bonds. The molecule has 3 heteroatoms. The van der Waals surface area contributed by atoms with E-state index in [1.807, 2.05) is 12.1 Å². The molecule has 0 radical (unpaired) electrons. The zero-order chi connectivity index (χ0) is 10.8. The van der Waals surface area contributed by atoms with Crippen molar-refractivity contribution in [3.8, 4) is 0 Å². The molecule has 15 heavy (non-hydrogen) atoms. The molecule has 0 aromatic heterocycles. The molecule has 1 aromatic carbocycles. The van der Waals surface area contributed by atoms with Gasteiger partial charge < -0.3 is 10.4 Å². The second-order valence-corrected chi connectivity index (χ2v) is 4.07. The molecule has 1 aromatic rings. The van der Waals surface area contributed by atoms with Crippen molar-refractivity contribution in [3.63, 3.8) is 0 Å². The Morgan fingerprint density at radius 1 is 1.47 bits per heavy atom. The highest BCUT2D eigenvalue weighted by Gasteiger charge is 2.21. The first kappa shape index (κ1) is 10.2. The van der Waals surface area contributed by atoms with Gasteiger partial charge in [0.1, 0.15) is 6.04 Å². The van der Waals surface area contributed by atoms with Gasteiger partial charge in [0.2, 0.25) is 0 Å². The van der Waals surface area contributed by atoms with Crippen molar-refractivity contribution in [2.45, 2.75) is 25.8 Å². The van der Waals surface area contributed by atoms with Crippen LogP contribution >= 0.6 is 0 Å². The third-order valence-corrected chi connectivity index (χ3v) is 2.87. The van der Waals surface area contributed by atoms with Crippen LogP contribution in [0.3, 0.4) is 0 Å². The summed E-state index contributed by atoms with van der Waals surface area (Å²) in [5.41, 5.74) is 3.69. The number of fused-ring (bicyclic) bond motifs is 1.